The molecule has 1 aliphatic heterocycles. The monoisotopic (exact) mass is 471 g/mol. The molecule has 1 aromatic heterocycles. The number of fused-ring (bicyclic) bond motifs is 1. The van der Waals surface area contributed by atoms with Crippen LogP contribution in [0.4, 0.5) is 0 Å². The number of carbonyl (C=O) groups is 2. The van der Waals surface area contributed by atoms with Crippen LogP contribution in [0.3, 0.4) is 0 Å². The fraction of sp³-hybridized carbons (Fsp3) is 0.625. The summed E-state index contributed by atoms with van der Waals surface area (Å²) in [6.07, 6.45) is 1.06. The van der Waals surface area contributed by atoms with E-state index in [0.29, 0.717) is 38.2 Å². The van der Waals surface area contributed by atoms with Crippen LogP contribution in [0.2, 0.25) is 0 Å². The Labute approximate surface area is 200 Å². The van der Waals surface area contributed by atoms with Gasteiger partial charge in [0.15, 0.2) is 5.82 Å². The molecule has 10 nitrogen and oxygen atoms in total. The van der Waals surface area contributed by atoms with E-state index in [-0.39, 0.29) is 23.9 Å². The predicted octanol–water partition coefficient (Wildman–Crippen LogP) is 0.606. The Bertz CT molecular complexity index is 970. The number of tetrazole rings is 1. The van der Waals surface area contributed by atoms with E-state index in [1.54, 1.807) is 4.68 Å². The van der Waals surface area contributed by atoms with Gasteiger partial charge in [-0.2, -0.15) is 0 Å². The molecule has 1 aromatic carbocycles. The molecule has 0 aliphatic carbocycles. The van der Waals surface area contributed by atoms with Crippen molar-refractivity contribution in [2.75, 3.05) is 13.1 Å². The number of aromatic nitrogens is 4. The molecular formula is C24H35N6O4-. The predicted molar refractivity (Wildman–Crippen MR) is 123 cm³/mol. The number of aliphatic carboxylic acids is 1. The maximum absolute atomic E-state index is 12.8. The summed E-state index contributed by atoms with van der Waals surface area (Å²) in [4.78, 5) is 25.4. The number of aryl methyl sites for hydroxylation is 1. The van der Waals surface area contributed by atoms with Crippen molar-refractivity contribution in [2.45, 2.75) is 78.1 Å². The standard InChI is InChI=1S/C24H36N6O4/c1-24(2,3)14-20(25-15-19(31)13-22(33)34)23-26-27-28-30(23)11-6-9-21(32)29-12-10-17-7-4-5-8-18(17)16-29/h4-5,7-8,19-20,25,31H,6,9-16H2,1-3H3,(H,33,34)/p-1/t19?,20-/m1/s1. The third-order valence-electron chi connectivity index (χ3n) is 5.93. The van der Waals surface area contributed by atoms with Gasteiger partial charge in [0.1, 0.15) is 0 Å². The lowest BCUT2D eigenvalue weighted by atomic mass is 9.87. The van der Waals surface area contributed by atoms with Crippen molar-refractivity contribution in [3.63, 3.8) is 0 Å². The van der Waals surface area contributed by atoms with Crippen LogP contribution in [0.25, 0.3) is 0 Å². The number of carbonyl (C=O) groups excluding carboxylic acids is 2. The molecule has 1 amide bonds. The fourth-order valence-electron chi connectivity index (χ4n) is 4.28. The molecule has 3 rings (SSSR count). The Morgan fingerprint density at radius 3 is 2.68 bits per heavy atom. The SMILES string of the molecule is CC(C)(C)C[C@@H](NCC(O)CC(=O)[O-])c1nnnn1CCCC(=O)N1CCc2ccccc2C1. The van der Waals surface area contributed by atoms with Crippen molar-refractivity contribution in [1.29, 1.82) is 0 Å². The maximum Gasteiger partial charge on any atom is 0.222 e. The summed E-state index contributed by atoms with van der Waals surface area (Å²) in [5.74, 6) is -0.567. The second-order valence-electron chi connectivity index (χ2n) is 10.2. The lowest BCUT2D eigenvalue weighted by Gasteiger charge is -2.29. The van der Waals surface area contributed by atoms with E-state index in [1.807, 2.05) is 17.0 Å². The van der Waals surface area contributed by atoms with Gasteiger partial charge in [-0.1, -0.05) is 45.0 Å². The van der Waals surface area contributed by atoms with E-state index >= 15 is 0 Å². The Morgan fingerprint density at radius 1 is 1.24 bits per heavy atom. The first kappa shape index (κ1) is 25.8. The Kier molecular flexibility index (Phi) is 8.73. The van der Waals surface area contributed by atoms with Gasteiger partial charge in [0.2, 0.25) is 5.91 Å². The van der Waals surface area contributed by atoms with Crippen LogP contribution in [0.15, 0.2) is 24.3 Å². The van der Waals surface area contributed by atoms with Crippen LogP contribution in [0, 0.1) is 5.41 Å². The zero-order valence-corrected chi connectivity index (χ0v) is 20.2. The van der Waals surface area contributed by atoms with E-state index in [0.717, 1.165) is 13.0 Å². The average molecular weight is 472 g/mol. The summed E-state index contributed by atoms with van der Waals surface area (Å²) < 4.78 is 1.69. The first-order chi connectivity index (χ1) is 16.1. The van der Waals surface area contributed by atoms with Gasteiger partial charge in [0, 0.05) is 45.0 Å². The minimum absolute atomic E-state index is 0.0612. The topological polar surface area (TPSA) is 136 Å². The van der Waals surface area contributed by atoms with Crippen LogP contribution < -0.4 is 10.4 Å². The van der Waals surface area contributed by atoms with Crippen LogP contribution in [0.1, 0.15) is 69.4 Å². The van der Waals surface area contributed by atoms with Gasteiger partial charge in [0.25, 0.3) is 0 Å². The quantitative estimate of drug-likeness (QED) is 0.486. The third kappa shape index (κ3) is 7.59. The minimum Gasteiger partial charge on any atom is -0.550 e. The first-order valence-electron chi connectivity index (χ1n) is 11.8. The molecule has 0 bridgehead atoms. The van der Waals surface area contributed by atoms with Crippen LogP contribution in [0.5, 0.6) is 0 Å². The fourth-order valence-corrected chi connectivity index (χ4v) is 4.28. The molecule has 10 heteroatoms. The van der Waals surface area contributed by atoms with Gasteiger partial charge >= 0.3 is 0 Å². The second kappa shape index (κ2) is 11.5. The number of hydrogen-bond donors (Lipinski definition) is 2. The van der Waals surface area contributed by atoms with Gasteiger partial charge in [-0.3, -0.25) is 4.79 Å². The summed E-state index contributed by atoms with van der Waals surface area (Å²) in [6.45, 7) is 8.21. The highest BCUT2D eigenvalue weighted by atomic mass is 16.4. The van der Waals surface area contributed by atoms with Crippen molar-refractivity contribution >= 4 is 11.9 Å². The summed E-state index contributed by atoms with van der Waals surface area (Å²) in [5.41, 5.74) is 2.46. The molecule has 186 valence electrons. The van der Waals surface area contributed by atoms with E-state index in [4.69, 9.17) is 0 Å². The smallest absolute Gasteiger partial charge is 0.222 e. The summed E-state index contributed by atoms with van der Waals surface area (Å²) in [5, 5.41) is 36.0. The van der Waals surface area contributed by atoms with E-state index in [2.05, 4.69) is 53.7 Å². The number of nitrogens with one attached hydrogen (secondary N) is 1. The van der Waals surface area contributed by atoms with E-state index in [9.17, 15) is 19.8 Å². The normalized spacial score (nSPS) is 15.6. The van der Waals surface area contributed by atoms with Crippen LogP contribution >= 0.6 is 0 Å². The molecule has 34 heavy (non-hydrogen) atoms. The van der Waals surface area contributed by atoms with Crippen molar-refractivity contribution in [3.8, 4) is 0 Å². The molecule has 1 unspecified atom stereocenters. The highest BCUT2D eigenvalue weighted by molar-refractivity contribution is 5.76. The lowest BCUT2D eigenvalue weighted by Crippen LogP contribution is -2.37. The molecule has 2 heterocycles. The lowest BCUT2D eigenvalue weighted by molar-refractivity contribution is -0.307. The van der Waals surface area contributed by atoms with Crippen molar-refractivity contribution in [1.82, 2.24) is 30.4 Å². The minimum atomic E-state index is -1.30. The number of aliphatic hydroxyl groups is 1. The van der Waals surface area contributed by atoms with Crippen molar-refractivity contribution in [3.05, 3.63) is 41.2 Å². The Balaban J connectivity index is 1.57. The molecule has 0 radical (unpaired) electrons. The number of hydrogen-bond acceptors (Lipinski definition) is 8. The number of carboxylic acid groups (broad SMARTS) is 1. The van der Waals surface area contributed by atoms with Gasteiger partial charge in [-0.25, -0.2) is 4.68 Å². The number of nitrogens with zero attached hydrogens (tertiary/aromatic N) is 5. The maximum atomic E-state index is 12.8. The Hall–Kier alpha value is -2.85. The first-order valence-corrected chi connectivity index (χ1v) is 11.8. The van der Waals surface area contributed by atoms with Gasteiger partial charge in [-0.15, -0.1) is 5.10 Å². The zero-order valence-electron chi connectivity index (χ0n) is 20.2. The van der Waals surface area contributed by atoms with Gasteiger partial charge < -0.3 is 25.2 Å². The number of carboxylic acids is 1. The highest BCUT2D eigenvalue weighted by Crippen LogP contribution is 2.28. The van der Waals surface area contributed by atoms with E-state index in [1.165, 1.54) is 11.1 Å². The molecule has 0 spiro atoms. The second-order valence-corrected chi connectivity index (χ2v) is 10.2. The molecule has 2 aromatic rings. The van der Waals surface area contributed by atoms with Crippen LogP contribution in [-0.4, -0.2) is 61.3 Å². The summed E-state index contributed by atoms with van der Waals surface area (Å²) in [7, 11) is 0. The van der Waals surface area contributed by atoms with Crippen LogP contribution in [-0.2, 0) is 29.1 Å². The summed E-state index contributed by atoms with van der Waals surface area (Å²) >= 11 is 0. The third-order valence-corrected chi connectivity index (χ3v) is 5.93. The van der Waals surface area contributed by atoms with Crippen molar-refractivity contribution in [2.24, 2.45) is 5.41 Å². The molecule has 0 saturated heterocycles. The van der Waals surface area contributed by atoms with Gasteiger partial charge in [0.05, 0.1) is 12.1 Å². The summed E-state index contributed by atoms with van der Waals surface area (Å²) in [6, 6.07) is 7.96. The number of amides is 1. The molecule has 0 saturated carbocycles. The average Bonchev–Trinajstić information content (AvgIpc) is 3.23. The molecule has 1 aliphatic rings. The molecule has 2 N–H and O–H groups in total. The Morgan fingerprint density at radius 2 is 1.97 bits per heavy atom. The molecule has 2 atom stereocenters. The van der Waals surface area contributed by atoms with Gasteiger partial charge in [-0.05, 0) is 46.2 Å². The molecule has 0 fully saturated rings. The number of aliphatic hydroxyl groups excluding tert-OH is 1. The number of rotatable bonds is 11. The van der Waals surface area contributed by atoms with E-state index < -0.39 is 18.5 Å². The number of benzene rings is 1. The zero-order chi connectivity index (χ0) is 24.7. The highest BCUT2D eigenvalue weighted by Gasteiger charge is 2.26. The van der Waals surface area contributed by atoms with Crippen molar-refractivity contribution < 1.29 is 19.8 Å². The molecular weight excluding hydrogens is 436 g/mol. The largest absolute Gasteiger partial charge is 0.550 e.